The molecular weight excluding hydrogens is 350 g/mol. The molecule has 0 spiro atoms. The largest absolute Gasteiger partial charge is 0.330 e. The van der Waals surface area contributed by atoms with Crippen molar-refractivity contribution in [2.45, 2.75) is 45.3 Å². The molecule has 4 rings (SSSR count). The van der Waals surface area contributed by atoms with Crippen LogP contribution in [0.15, 0.2) is 43.0 Å². The van der Waals surface area contributed by atoms with Gasteiger partial charge in [-0.25, -0.2) is 4.98 Å². The highest BCUT2D eigenvalue weighted by atomic mass is 15.3. The Labute approximate surface area is 165 Å². The number of likely N-dealkylation sites (tertiary alicyclic amines) is 1. The summed E-state index contributed by atoms with van der Waals surface area (Å²) < 4.78 is 4.29. The van der Waals surface area contributed by atoms with Crippen LogP contribution in [0, 0.1) is 11.3 Å². The summed E-state index contributed by atoms with van der Waals surface area (Å²) in [5.74, 6) is 2.58. The quantitative estimate of drug-likeness (QED) is 0.662. The number of nitrogens with zero attached hydrogens (tertiary/aromatic N) is 7. The first kappa shape index (κ1) is 18.4. The Balaban J connectivity index is 1.38. The summed E-state index contributed by atoms with van der Waals surface area (Å²) in [6.07, 6.45) is 7.75. The van der Waals surface area contributed by atoms with Crippen molar-refractivity contribution in [3.05, 3.63) is 65.8 Å². The molecule has 144 valence electrons. The molecule has 7 nitrogen and oxygen atoms in total. The summed E-state index contributed by atoms with van der Waals surface area (Å²) in [5, 5.41) is 17.9. The van der Waals surface area contributed by atoms with Crippen molar-refractivity contribution in [1.29, 1.82) is 5.26 Å². The maximum Gasteiger partial charge on any atom is 0.153 e. The number of benzene rings is 1. The summed E-state index contributed by atoms with van der Waals surface area (Å²) in [5.41, 5.74) is 1.98. The lowest BCUT2D eigenvalue weighted by Gasteiger charge is -2.31. The molecular formula is C21H25N7. The van der Waals surface area contributed by atoms with Crippen LogP contribution >= 0.6 is 0 Å². The summed E-state index contributed by atoms with van der Waals surface area (Å²) in [6.45, 7) is 6.79. The zero-order valence-electron chi connectivity index (χ0n) is 16.2. The predicted molar refractivity (Wildman–Crippen MR) is 105 cm³/mol. The third-order valence-corrected chi connectivity index (χ3v) is 5.50. The van der Waals surface area contributed by atoms with Crippen LogP contribution in [0.25, 0.3) is 0 Å². The number of imidazole rings is 1. The average Bonchev–Trinajstić information content (AvgIpc) is 3.39. The Kier molecular flexibility index (Phi) is 5.49. The average molecular weight is 375 g/mol. The molecule has 0 aliphatic carbocycles. The van der Waals surface area contributed by atoms with E-state index >= 15 is 0 Å². The zero-order chi connectivity index (χ0) is 19.3. The fourth-order valence-electron chi connectivity index (χ4n) is 3.95. The number of hydrogen-bond donors (Lipinski definition) is 0. The lowest BCUT2D eigenvalue weighted by atomic mass is 9.95. The van der Waals surface area contributed by atoms with Crippen molar-refractivity contribution in [2.24, 2.45) is 0 Å². The molecule has 1 aromatic carbocycles. The minimum atomic E-state index is 0.459. The van der Waals surface area contributed by atoms with Gasteiger partial charge in [0.25, 0.3) is 0 Å². The van der Waals surface area contributed by atoms with Gasteiger partial charge in [-0.3, -0.25) is 4.90 Å². The maximum absolute atomic E-state index is 8.93. The van der Waals surface area contributed by atoms with E-state index in [1.807, 2.05) is 29.2 Å². The molecule has 0 unspecified atom stereocenters. The molecule has 0 atom stereocenters. The predicted octanol–water partition coefficient (Wildman–Crippen LogP) is 2.79. The van der Waals surface area contributed by atoms with E-state index in [0.29, 0.717) is 18.0 Å². The lowest BCUT2D eigenvalue weighted by molar-refractivity contribution is 0.200. The molecule has 1 aliphatic heterocycles. The normalized spacial score (nSPS) is 15.6. The highest BCUT2D eigenvalue weighted by molar-refractivity contribution is 5.31. The third-order valence-electron chi connectivity index (χ3n) is 5.50. The van der Waals surface area contributed by atoms with Crippen LogP contribution in [0.5, 0.6) is 0 Å². The molecule has 0 bridgehead atoms. The molecule has 1 saturated heterocycles. The smallest absolute Gasteiger partial charge is 0.153 e. The molecule has 3 heterocycles. The van der Waals surface area contributed by atoms with Gasteiger partial charge < -0.3 is 9.13 Å². The summed E-state index contributed by atoms with van der Waals surface area (Å²) in [7, 11) is 0. The van der Waals surface area contributed by atoms with Crippen LogP contribution in [0.4, 0.5) is 0 Å². The summed E-state index contributed by atoms with van der Waals surface area (Å²) in [4.78, 5) is 6.59. The van der Waals surface area contributed by atoms with Crippen molar-refractivity contribution >= 4 is 0 Å². The monoisotopic (exact) mass is 375 g/mol. The summed E-state index contributed by atoms with van der Waals surface area (Å²) in [6, 6.07) is 10.1. The highest BCUT2D eigenvalue weighted by Gasteiger charge is 2.25. The topological polar surface area (TPSA) is 75.6 Å². The molecule has 0 N–H and O–H groups in total. The molecule has 28 heavy (non-hydrogen) atoms. The Hall–Kier alpha value is -2.98. The van der Waals surface area contributed by atoms with Gasteiger partial charge in [-0.15, -0.1) is 10.2 Å². The van der Waals surface area contributed by atoms with Gasteiger partial charge in [0.15, 0.2) is 5.82 Å². The molecule has 7 heteroatoms. The van der Waals surface area contributed by atoms with Crippen LogP contribution in [0.1, 0.15) is 48.5 Å². The third kappa shape index (κ3) is 3.97. The Morgan fingerprint density at radius 2 is 1.89 bits per heavy atom. The first-order valence-electron chi connectivity index (χ1n) is 9.86. The van der Waals surface area contributed by atoms with E-state index in [0.717, 1.165) is 50.7 Å². The van der Waals surface area contributed by atoms with Crippen molar-refractivity contribution in [2.75, 3.05) is 13.1 Å². The van der Waals surface area contributed by atoms with Crippen molar-refractivity contribution in [3.8, 4) is 6.07 Å². The van der Waals surface area contributed by atoms with E-state index in [1.54, 1.807) is 6.20 Å². The Morgan fingerprint density at radius 3 is 2.54 bits per heavy atom. The Morgan fingerprint density at radius 1 is 1.11 bits per heavy atom. The molecule has 0 saturated carbocycles. The highest BCUT2D eigenvalue weighted by Crippen LogP contribution is 2.28. The zero-order valence-corrected chi connectivity index (χ0v) is 16.2. The SMILES string of the molecule is CCn1c(Cn2ccnc2)nnc1C1CCN(Cc2ccc(C#N)cc2)CC1. The van der Waals surface area contributed by atoms with Gasteiger partial charge in [-0.1, -0.05) is 12.1 Å². The van der Waals surface area contributed by atoms with Gasteiger partial charge in [0.1, 0.15) is 5.82 Å². The van der Waals surface area contributed by atoms with Crippen LogP contribution in [-0.2, 0) is 19.6 Å². The first-order chi connectivity index (χ1) is 13.8. The molecule has 1 fully saturated rings. The fraction of sp³-hybridized carbons (Fsp3) is 0.429. The lowest BCUT2D eigenvalue weighted by Crippen LogP contribution is -2.33. The van der Waals surface area contributed by atoms with Crippen LogP contribution < -0.4 is 0 Å². The van der Waals surface area contributed by atoms with Gasteiger partial charge in [0.2, 0.25) is 0 Å². The molecule has 0 radical (unpaired) electrons. The second-order valence-electron chi connectivity index (χ2n) is 7.31. The molecule has 2 aromatic heterocycles. The second kappa shape index (κ2) is 8.36. The molecule has 0 amide bonds. The molecule has 3 aromatic rings. The van der Waals surface area contributed by atoms with Gasteiger partial charge in [0.05, 0.1) is 24.5 Å². The fourth-order valence-corrected chi connectivity index (χ4v) is 3.95. The minimum absolute atomic E-state index is 0.459. The van der Waals surface area contributed by atoms with Crippen LogP contribution in [-0.4, -0.2) is 42.3 Å². The van der Waals surface area contributed by atoms with Crippen molar-refractivity contribution < 1.29 is 0 Å². The van der Waals surface area contributed by atoms with Gasteiger partial charge in [-0.2, -0.15) is 5.26 Å². The van der Waals surface area contributed by atoms with Crippen LogP contribution in [0.3, 0.4) is 0 Å². The number of hydrogen-bond acceptors (Lipinski definition) is 5. The maximum atomic E-state index is 8.93. The van der Waals surface area contributed by atoms with E-state index in [2.05, 4.69) is 49.8 Å². The number of piperidine rings is 1. The first-order valence-corrected chi connectivity index (χ1v) is 9.86. The Bertz CT molecular complexity index is 926. The van der Waals surface area contributed by atoms with Gasteiger partial charge >= 0.3 is 0 Å². The number of rotatable bonds is 6. The second-order valence-corrected chi connectivity index (χ2v) is 7.31. The van der Waals surface area contributed by atoms with Gasteiger partial charge in [0, 0.05) is 31.4 Å². The number of nitriles is 1. The van der Waals surface area contributed by atoms with Crippen LogP contribution in [0.2, 0.25) is 0 Å². The minimum Gasteiger partial charge on any atom is -0.330 e. The van der Waals surface area contributed by atoms with E-state index in [-0.39, 0.29) is 0 Å². The van der Waals surface area contributed by atoms with Crippen molar-refractivity contribution in [1.82, 2.24) is 29.2 Å². The van der Waals surface area contributed by atoms with E-state index in [4.69, 9.17) is 5.26 Å². The van der Waals surface area contributed by atoms with E-state index in [1.165, 1.54) is 5.56 Å². The van der Waals surface area contributed by atoms with E-state index < -0.39 is 0 Å². The van der Waals surface area contributed by atoms with E-state index in [9.17, 15) is 0 Å². The van der Waals surface area contributed by atoms with Gasteiger partial charge in [-0.05, 0) is 50.6 Å². The standard InChI is InChI=1S/C21H25N7/c1-2-28-20(15-27-12-9-23-16-27)24-25-21(28)19-7-10-26(11-8-19)14-18-5-3-17(13-22)4-6-18/h3-6,9,12,16,19H,2,7-8,10-11,14-15H2,1H3. The summed E-state index contributed by atoms with van der Waals surface area (Å²) >= 11 is 0. The van der Waals surface area contributed by atoms with Crippen molar-refractivity contribution in [3.63, 3.8) is 0 Å². The number of aromatic nitrogens is 5. The molecule has 1 aliphatic rings.